The first kappa shape index (κ1) is 16.1. The number of hydrogen-bond donors (Lipinski definition) is 0. The zero-order valence-corrected chi connectivity index (χ0v) is 14.9. The normalized spacial score (nSPS) is 33.3. The molecule has 1 unspecified atom stereocenters. The average molecular weight is 299 g/mol. The minimum absolute atomic E-state index is 0.744. The van der Waals surface area contributed by atoms with Gasteiger partial charge in [-0.1, -0.05) is 43.2 Å². The Kier molecular flexibility index (Phi) is 5.26. The quantitative estimate of drug-likeness (QED) is 0.500. The third-order valence-electron chi connectivity index (χ3n) is 6.51. The van der Waals surface area contributed by atoms with Gasteiger partial charge in [0.2, 0.25) is 0 Å². The highest BCUT2D eigenvalue weighted by Crippen LogP contribution is 2.45. The van der Waals surface area contributed by atoms with E-state index in [-0.39, 0.29) is 0 Å². The molecule has 122 valence electrons. The molecule has 1 saturated carbocycles. The van der Waals surface area contributed by atoms with E-state index in [9.17, 15) is 0 Å². The predicted molar refractivity (Wildman–Crippen MR) is 96.8 cm³/mol. The zero-order valence-electron chi connectivity index (χ0n) is 14.9. The van der Waals surface area contributed by atoms with Gasteiger partial charge in [-0.15, -0.1) is 0 Å². The summed E-state index contributed by atoms with van der Waals surface area (Å²) in [5, 5.41) is 0. The SMILES string of the molecule is C/C=C/C1CCC(C2CCC3=C(CCC(C(C)C)=C3)C2)CC1. The molecule has 1 fully saturated rings. The van der Waals surface area contributed by atoms with Crippen LogP contribution in [0.3, 0.4) is 0 Å². The molecule has 0 spiro atoms. The van der Waals surface area contributed by atoms with Crippen LogP contribution in [-0.4, -0.2) is 0 Å². The van der Waals surface area contributed by atoms with Gasteiger partial charge in [-0.25, -0.2) is 0 Å². The molecule has 0 radical (unpaired) electrons. The third kappa shape index (κ3) is 3.58. The molecule has 0 amide bonds. The Bertz CT molecular complexity index is 466. The second-order valence-corrected chi connectivity index (χ2v) is 8.21. The molecule has 0 heterocycles. The van der Waals surface area contributed by atoms with E-state index in [1.54, 1.807) is 11.1 Å². The topological polar surface area (TPSA) is 0 Å². The van der Waals surface area contributed by atoms with Crippen molar-refractivity contribution in [3.8, 4) is 0 Å². The van der Waals surface area contributed by atoms with Crippen LogP contribution >= 0.6 is 0 Å². The van der Waals surface area contributed by atoms with Crippen molar-refractivity contribution in [1.82, 2.24) is 0 Å². The Labute approximate surface area is 137 Å². The number of allylic oxidation sites excluding steroid dienone is 6. The molecule has 0 aromatic heterocycles. The van der Waals surface area contributed by atoms with Crippen molar-refractivity contribution in [2.75, 3.05) is 0 Å². The highest BCUT2D eigenvalue weighted by molar-refractivity contribution is 5.36. The first-order valence-corrected chi connectivity index (χ1v) is 9.71. The van der Waals surface area contributed by atoms with E-state index in [1.165, 1.54) is 57.8 Å². The molecule has 0 heteroatoms. The largest absolute Gasteiger partial charge is 0.0914 e. The highest BCUT2D eigenvalue weighted by Gasteiger charge is 2.31. The Morgan fingerprint density at radius 3 is 2.41 bits per heavy atom. The van der Waals surface area contributed by atoms with E-state index in [2.05, 4.69) is 39.0 Å². The van der Waals surface area contributed by atoms with Gasteiger partial charge >= 0.3 is 0 Å². The first-order valence-electron chi connectivity index (χ1n) is 9.71. The molecule has 0 saturated heterocycles. The summed E-state index contributed by atoms with van der Waals surface area (Å²) in [5.41, 5.74) is 5.26. The van der Waals surface area contributed by atoms with Crippen LogP contribution in [0.25, 0.3) is 0 Å². The lowest BCUT2D eigenvalue weighted by molar-refractivity contribution is 0.205. The maximum atomic E-state index is 2.57. The molecular weight excluding hydrogens is 264 g/mol. The van der Waals surface area contributed by atoms with Crippen molar-refractivity contribution in [2.24, 2.45) is 23.7 Å². The number of rotatable bonds is 3. The van der Waals surface area contributed by atoms with E-state index >= 15 is 0 Å². The van der Waals surface area contributed by atoms with Gasteiger partial charge in [0.05, 0.1) is 0 Å². The maximum Gasteiger partial charge on any atom is -0.0233 e. The summed E-state index contributed by atoms with van der Waals surface area (Å²) in [6.07, 6.45) is 20.1. The molecule has 3 aliphatic rings. The molecule has 0 bridgehead atoms. The smallest absolute Gasteiger partial charge is 0.0233 e. The van der Waals surface area contributed by atoms with Gasteiger partial charge in [0, 0.05) is 0 Å². The maximum absolute atomic E-state index is 2.57. The summed E-state index contributed by atoms with van der Waals surface area (Å²) < 4.78 is 0. The molecule has 3 aliphatic carbocycles. The van der Waals surface area contributed by atoms with Crippen LogP contribution in [0, 0.1) is 23.7 Å². The van der Waals surface area contributed by atoms with Gasteiger partial charge in [0.25, 0.3) is 0 Å². The summed E-state index contributed by atoms with van der Waals surface area (Å²) in [4.78, 5) is 0. The average Bonchev–Trinajstić information content (AvgIpc) is 2.55. The van der Waals surface area contributed by atoms with E-state index in [0.29, 0.717) is 0 Å². The molecule has 0 aliphatic heterocycles. The number of hydrogen-bond acceptors (Lipinski definition) is 0. The van der Waals surface area contributed by atoms with Crippen LogP contribution in [-0.2, 0) is 0 Å². The Morgan fingerprint density at radius 2 is 1.73 bits per heavy atom. The van der Waals surface area contributed by atoms with Crippen LogP contribution in [0.15, 0.2) is 34.9 Å². The fraction of sp³-hybridized carbons (Fsp3) is 0.727. The third-order valence-corrected chi connectivity index (χ3v) is 6.51. The lowest BCUT2D eigenvalue weighted by atomic mass is 9.68. The van der Waals surface area contributed by atoms with Crippen molar-refractivity contribution in [3.63, 3.8) is 0 Å². The second kappa shape index (κ2) is 7.20. The lowest BCUT2D eigenvalue weighted by Crippen LogP contribution is -2.25. The minimum atomic E-state index is 0.744. The molecule has 22 heavy (non-hydrogen) atoms. The Hall–Kier alpha value is -0.780. The van der Waals surface area contributed by atoms with E-state index in [4.69, 9.17) is 0 Å². The lowest BCUT2D eigenvalue weighted by Gasteiger charge is -2.38. The van der Waals surface area contributed by atoms with Gasteiger partial charge in [0.15, 0.2) is 0 Å². The molecule has 0 aromatic rings. The standard InChI is InChI=1S/C22H34/c1-4-5-17-6-8-18(9-7-17)20-12-13-21-14-19(16(2)3)10-11-22(21)15-20/h4-5,14,16-18,20H,6-13,15H2,1-3H3/b5-4+. The second-order valence-electron chi connectivity index (χ2n) is 8.21. The molecule has 1 atom stereocenters. The first-order chi connectivity index (χ1) is 10.7. The molecule has 0 N–H and O–H groups in total. The monoisotopic (exact) mass is 298 g/mol. The fourth-order valence-corrected chi connectivity index (χ4v) is 5.03. The predicted octanol–water partition coefficient (Wildman–Crippen LogP) is 6.84. The van der Waals surface area contributed by atoms with E-state index in [1.807, 2.05) is 5.57 Å². The molecular formula is C22H34. The summed E-state index contributed by atoms with van der Waals surface area (Å²) in [6, 6.07) is 0. The van der Waals surface area contributed by atoms with E-state index in [0.717, 1.165) is 23.7 Å². The summed E-state index contributed by atoms with van der Waals surface area (Å²) >= 11 is 0. The van der Waals surface area contributed by atoms with Crippen LogP contribution in [0.1, 0.15) is 78.6 Å². The summed E-state index contributed by atoms with van der Waals surface area (Å²) in [7, 11) is 0. The van der Waals surface area contributed by atoms with Gasteiger partial charge in [-0.3, -0.25) is 0 Å². The van der Waals surface area contributed by atoms with Crippen LogP contribution in [0.2, 0.25) is 0 Å². The van der Waals surface area contributed by atoms with Crippen molar-refractivity contribution < 1.29 is 0 Å². The van der Waals surface area contributed by atoms with Gasteiger partial charge in [0.1, 0.15) is 0 Å². The highest BCUT2D eigenvalue weighted by atomic mass is 14.4. The Balaban J connectivity index is 1.59. The van der Waals surface area contributed by atoms with Crippen LogP contribution in [0.4, 0.5) is 0 Å². The van der Waals surface area contributed by atoms with Crippen LogP contribution in [0.5, 0.6) is 0 Å². The summed E-state index contributed by atoms with van der Waals surface area (Å²) in [5.74, 6) is 3.64. The van der Waals surface area contributed by atoms with Gasteiger partial charge < -0.3 is 0 Å². The molecule has 0 aromatic carbocycles. The minimum Gasteiger partial charge on any atom is -0.0914 e. The van der Waals surface area contributed by atoms with Crippen molar-refractivity contribution >= 4 is 0 Å². The van der Waals surface area contributed by atoms with Gasteiger partial charge in [-0.2, -0.15) is 0 Å². The zero-order chi connectivity index (χ0) is 15.5. The van der Waals surface area contributed by atoms with Gasteiger partial charge in [-0.05, 0) is 94.0 Å². The molecule has 0 nitrogen and oxygen atoms in total. The van der Waals surface area contributed by atoms with Crippen molar-refractivity contribution in [3.05, 3.63) is 34.9 Å². The Morgan fingerprint density at radius 1 is 0.955 bits per heavy atom. The molecule has 3 rings (SSSR count). The fourth-order valence-electron chi connectivity index (χ4n) is 5.03. The van der Waals surface area contributed by atoms with Crippen molar-refractivity contribution in [1.29, 1.82) is 0 Å². The summed E-state index contributed by atoms with van der Waals surface area (Å²) in [6.45, 7) is 6.88. The van der Waals surface area contributed by atoms with Crippen molar-refractivity contribution in [2.45, 2.75) is 78.6 Å². The van der Waals surface area contributed by atoms with Crippen LogP contribution < -0.4 is 0 Å². The van der Waals surface area contributed by atoms with E-state index < -0.39 is 0 Å².